The Morgan fingerprint density at radius 3 is 2.52 bits per heavy atom. The molecule has 0 aliphatic carbocycles. The van der Waals surface area contributed by atoms with Crippen molar-refractivity contribution >= 4 is 21.4 Å². The molecule has 0 N–H and O–H groups in total. The zero-order valence-electron chi connectivity index (χ0n) is 15.1. The molecular weight excluding hydrogens is 364 g/mol. The minimum absolute atomic E-state index is 0.00803. The number of anilines is 1. The molecule has 2 aromatic rings. The number of piperazine rings is 1. The molecule has 27 heavy (non-hydrogen) atoms. The Morgan fingerprint density at radius 1 is 1.04 bits per heavy atom. The summed E-state index contributed by atoms with van der Waals surface area (Å²) < 4.78 is 30.1. The van der Waals surface area contributed by atoms with Crippen molar-refractivity contribution < 1.29 is 17.9 Å². The first-order valence-electron chi connectivity index (χ1n) is 8.91. The highest BCUT2D eigenvalue weighted by Gasteiger charge is 2.49. The number of hydrogen-bond donors (Lipinski definition) is 0. The molecule has 1 amide bonds. The summed E-state index contributed by atoms with van der Waals surface area (Å²) in [5.41, 5.74) is 1.76. The minimum atomic E-state index is -3.20. The lowest BCUT2D eigenvalue weighted by Crippen LogP contribution is -2.61. The Morgan fingerprint density at radius 2 is 1.78 bits per heavy atom. The first-order valence-corrected chi connectivity index (χ1v) is 10.7. The van der Waals surface area contributed by atoms with E-state index < -0.39 is 9.84 Å². The molecule has 2 aliphatic rings. The molecule has 2 aliphatic heterocycles. The number of hydrogen-bond acceptors (Lipinski definition) is 5. The summed E-state index contributed by atoms with van der Waals surface area (Å²) in [4.78, 5) is 16.7. The molecule has 0 radical (unpaired) electrons. The van der Waals surface area contributed by atoms with Gasteiger partial charge in [0, 0.05) is 24.3 Å². The van der Waals surface area contributed by atoms with Crippen LogP contribution in [0.15, 0.2) is 54.6 Å². The van der Waals surface area contributed by atoms with Gasteiger partial charge in [-0.2, -0.15) is 0 Å². The molecule has 0 bridgehead atoms. The topological polar surface area (TPSA) is 66.9 Å². The molecule has 0 unspecified atom stereocenters. The van der Waals surface area contributed by atoms with E-state index >= 15 is 0 Å². The molecule has 2 aromatic carbocycles. The number of carbonyl (C=O) groups is 1. The van der Waals surface area contributed by atoms with Crippen LogP contribution in [0.2, 0.25) is 0 Å². The predicted molar refractivity (Wildman–Crippen MR) is 104 cm³/mol. The Hall–Kier alpha value is -2.38. The maximum atomic E-state index is 13.0. The summed E-state index contributed by atoms with van der Waals surface area (Å²) >= 11 is 0. The standard InChI is InChI=1S/C20H22N2O4S/c1-26-17-9-5-8-16(10-17)22-19-14-27(24,25)13-18(19)21(12-20(22)23)11-15-6-3-2-4-7-15/h2-10,18-19H,11-14H2,1H3/t18-,19-/m0/s1. The Kier molecular flexibility index (Phi) is 4.65. The average molecular weight is 386 g/mol. The number of fused-ring (bicyclic) bond motifs is 1. The van der Waals surface area contributed by atoms with Crippen molar-refractivity contribution in [2.75, 3.05) is 30.1 Å². The molecule has 7 heteroatoms. The van der Waals surface area contributed by atoms with E-state index in [2.05, 4.69) is 0 Å². The molecule has 0 aromatic heterocycles. The molecule has 2 fully saturated rings. The molecule has 2 heterocycles. The number of methoxy groups -OCH3 is 1. The SMILES string of the molecule is COc1cccc(N2C(=O)CN(Cc3ccccc3)[C@H]3CS(=O)(=O)C[C@@H]32)c1. The van der Waals surface area contributed by atoms with Gasteiger partial charge in [-0.15, -0.1) is 0 Å². The van der Waals surface area contributed by atoms with Gasteiger partial charge < -0.3 is 9.64 Å². The quantitative estimate of drug-likeness (QED) is 0.800. The van der Waals surface area contributed by atoms with E-state index in [9.17, 15) is 13.2 Å². The van der Waals surface area contributed by atoms with Crippen LogP contribution in [0.1, 0.15) is 5.56 Å². The van der Waals surface area contributed by atoms with Crippen LogP contribution in [0.3, 0.4) is 0 Å². The van der Waals surface area contributed by atoms with Gasteiger partial charge in [0.05, 0.1) is 31.2 Å². The molecule has 2 saturated heterocycles. The predicted octanol–water partition coefficient (Wildman–Crippen LogP) is 1.71. The van der Waals surface area contributed by atoms with Crippen LogP contribution in [-0.4, -0.2) is 56.5 Å². The van der Waals surface area contributed by atoms with Gasteiger partial charge in [0.2, 0.25) is 5.91 Å². The first kappa shape index (κ1) is 18.0. The summed E-state index contributed by atoms with van der Waals surface area (Å²) in [7, 11) is -1.63. The van der Waals surface area contributed by atoms with E-state index in [1.54, 1.807) is 18.1 Å². The summed E-state index contributed by atoms with van der Waals surface area (Å²) in [6.45, 7) is 0.762. The van der Waals surface area contributed by atoms with Crippen LogP contribution in [0.25, 0.3) is 0 Å². The number of ether oxygens (including phenoxy) is 1. The molecule has 0 spiro atoms. The molecule has 4 rings (SSSR count). The average Bonchev–Trinajstić information content (AvgIpc) is 2.98. The van der Waals surface area contributed by atoms with E-state index in [-0.39, 0.29) is 36.0 Å². The van der Waals surface area contributed by atoms with Gasteiger partial charge in [0.15, 0.2) is 9.84 Å². The van der Waals surface area contributed by atoms with Gasteiger partial charge in [-0.05, 0) is 17.7 Å². The highest BCUT2D eigenvalue weighted by atomic mass is 32.2. The molecular formula is C20H22N2O4S. The maximum absolute atomic E-state index is 13.0. The molecule has 0 saturated carbocycles. The fourth-order valence-electron chi connectivity index (χ4n) is 4.04. The normalized spacial score (nSPS) is 24.6. The maximum Gasteiger partial charge on any atom is 0.241 e. The van der Waals surface area contributed by atoms with Crippen molar-refractivity contribution in [2.24, 2.45) is 0 Å². The highest BCUT2D eigenvalue weighted by molar-refractivity contribution is 7.91. The van der Waals surface area contributed by atoms with Crippen molar-refractivity contribution in [2.45, 2.75) is 18.6 Å². The number of sulfone groups is 1. The third-order valence-electron chi connectivity index (χ3n) is 5.26. The van der Waals surface area contributed by atoms with Gasteiger partial charge in [-0.25, -0.2) is 8.42 Å². The van der Waals surface area contributed by atoms with Crippen LogP contribution in [-0.2, 0) is 21.2 Å². The fraction of sp³-hybridized carbons (Fsp3) is 0.350. The number of benzene rings is 2. The van der Waals surface area contributed by atoms with Gasteiger partial charge >= 0.3 is 0 Å². The van der Waals surface area contributed by atoms with Crippen LogP contribution < -0.4 is 9.64 Å². The van der Waals surface area contributed by atoms with E-state index in [0.29, 0.717) is 18.0 Å². The van der Waals surface area contributed by atoms with Crippen LogP contribution in [0.5, 0.6) is 5.75 Å². The Balaban J connectivity index is 1.67. The van der Waals surface area contributed by atoms with Crippen LogP contribution in [0.4, 0.5) is 5.69 Å². The number of carbonyl (C=O) groups excluding carboxylic acids is 1. The monoisotopic (exact) mass is 386 g/mol. The van der Waals surface area contributed by atoms with Crippen molar-refractivity contribution in [3.63, 3.8) is 0 Å². The number of amides is 1. The lowest BCUT2D eigenvalue weighted by Gasteiger charge is -2.43. The van der Waals surface area contributed by atoms with Crippen LogP contribution in [0, 0.1) is 0 Å². The van der Waals surface area contributed by atoms with Gasteiger partial charge in [-0.3, -0.25) is 9.69 Å². The second-order valence-electron chi connectivity index (χ2n) is 7.07. The molecule has 6 nitrogen and oxygen atoms in total. The third-order valence-corrected chi connectivity index (χ3v) is 6.96. The van der Waals surface area contributed by atoms with Gasteiger partial charge in [-0.1, -0.05) is 36.4 Å². The lowest BCUT2D eigenvalue weighted by molar-refractivity contribution is -0.123. The molecule has 2 atom stereocenters. The van der Waals surface area contributed by atoms with Crippen molar-refractivity contribution in [1.29, 1.82) is 0 Å². The zero-order chi connectivity index (χ0) is 19.0. The van der Waals surface area contributed by atoms with E-state index in [4.69, 9.17) is 4.74 Å². The van der Waals surface area contributed by atoms with Crippen molar-refractivity contribution in [3.8, 4) is 5.75 Å². The number of nitrogens with zero attached hydrogens (tertiary/aromatic N) is 2. The second-order valence-corrected chi connectivity index (χ2v) is 9.22. The second kappa shape index (κ2) is 6.98. The van der Waals surface area contributed by atoms with Crippen molar-refractivity contribution in [3.05, 3.63) is 60.2 Å². The van der Waals surface area contributed by atoms with Gasteiger partial charge in [0.25, 0.3) is 0 Å². The smallest absolute Gasteiger partial charge is 0.241 e. The minimum Gasteiger partial charge on any atom is -0.497 e. The van der Waals surface area contributed by atoms with Crippen molar-refractivity contribution in [1.82, 2.24) is 4.90 Å². The fourth-order valence-corrected chi connectivity index (χ4v) is 6.03. The zero-order valence-corrected chi connectivity index (χ0v) is 15.9. The van der Waals surface area contributed by atoms with E-state index in [1.807, 2.05) is 53.4 Å². The summed E-state index contributed by atoms with van der Waals surface area (Å²) in [5.74, 6) is 0.631. The highest BCUT2D eigenvalue weighted by Crippen LogP contribution is 2.33. The largest absolute Gasteiger partial charge is 0.497 e. The number of rotatable bonds is 4. The van der Waals surface area contributed by atoms with E-state index in [0.717, 1.165) is 5.56 Å². The molecule has 142 valence electrons. The Labute approximate surface area is 159 Å². The third kappa shape index (κ3) is 3.57. The summed E-state index contributed by atoms with van der Waals surface area (Å²) in [5, 5.41) is 0. The van der Waals surface area contributed by atoms with Crippen LogP contribution >= 0.6 is 0 Å². The summed E-state index contributed by atoms with van der Waals surface area (Å²) in [6.07, 6.45) is 0. The lowest BCUT2D eigenvalue weighted by atomic mass is 10.0. The summed E-state index contributed by atoms with van der Waals surface area (Å²) in [6, 6.07) is 16.5. The first-order chi connectivity index (χ1) is 13.0. The van der Waals surface area contributed by atoms with Gasteiger partial charge in [0.1, 0.15) is 5.75 Å². The Bertz CT molecular complexity index is 945. The van der Waals surface area contributed by atoms with E-state index in [1.165, 1.54) is 0 Å².